The van der Waals surface area contributed by atoms with Gasteiger partial charge in [0.05, 0.1) is 12.7 Å². The Bertz CT molecular complexity index is 615. The lowest BCUT2D eigenvalue weighted by molar-refractivity contribution is 0.0601. The lowest BCUT2D eigenvalue weighted by atomic mass is 10.1. The minimum atomic E-state index is -0.312. The number of esters is 1. The second kappa shape index (κ2) is 6.96. The molecule has 0 aromatic heterocycles. The van der Waals surface area contributed by atoms with Gasteiger partial charge in [0, 0.05) is 4.90 Å². The Labute approximate surface area is 123 Å². The van der Waals surface area contributed by atoms with Gasteiger partial charge in [-0.15, -0.1) is 11.8 Å². The van der Waals surface area contributed by atoms with Crippen molar-refractivity contribution in [3.63, 3.8) is 0 Å². The van der Waals surface area contributed by atoms with Crippen molar-refractivity contribution >= 4 is 29.9 Å². The van der Waals surface area contributed by atoms with Crippen molar-refractivity contribution in [1.82, 2.24) is 0 Å². The summed E-state index contributed by atoms with van der Waals surface area (Å²) in [6, 6.07) is 15.6. The van der Waals surface area contributed by atoms with Crippen LogP contribution in [0.2, 0.25) is 0 Å². The quantitative estimate of drug-likeness (QED) is 0.474. The largest absolute Gasteiger partial charge is 0.465 e. The van der Waals surface area contributed by atoms with E-state index in [1.54, 1.807) is 23.9 Å². The minimum Gasteiger partial charge on any atom is -0.465 e. The third-order valence-electron chi connectivity index (χ3n) is 2.93. The first kappa shape index (κ1) is 14.4. The van der Waals surface area contributed by atoms with Crippen molar-refractivity contribution < 1.29 is 9.53 Å². The molecule has 2 nitrogen and oxygen atoms in total. The zero-order valence-electron chi connectivity index (χ0n) is 11.5. The summed E-state index contributed by atoms with van der Waals surface area (Å²) in [6.07, 6.45) is 6.19. The van der Waals surface area contributed by atoms with Crippen LogP contribution in [0.3, 0.4) is 0 Å². The van der Waals surface area contributed by atoms with Crippen LogP contribution in [0.5, 0.6) is 0 Å². The average molecular weight is 284 g/mol. The highest BCUT2D eigenvalue weighted by Gasteiger charge is 2.03. The molecular weight excluding hydrogens is 268 g/mol. The molecule has 0 heterocycles. The van der Waals surface area contributed by atoms with E-state index < -0.39 is 0 Å². The number of rotatable bonds is 4. The van der Waals surface area contributed by atoms with Crippen LogP contribution in [0.25, 0.3) is 12.2 Å². The molecule has 0 atom stereocenters. The molecule has 3 heteroatoms. The summed E-state index contributed by atoms with van der Waals surface area (Å²) in [5.74, 6) is -0.312. The Hall–Kier alpha value is -2.00. The van der Waals surface area contributed by atoms with Crippen molar-refractivity contribution in [1.29, 1.82) is 0 Å². The fraction of sp³-hybridized carbons (Fsp3) is 0.118. The number of thioether (sulfide) groups is 1. The van der Waals surface area contributed by atoms with Crippen LogP contribution in [0.1, 0.15) is 21.5 Å². The molecule has 0 unspecified atom stereocenters. The summed E-state index contributed by atoms with van der Waals surface area (Å²) < 4.78 is 4.68. The summed E-state index contributed by atoms with van der Waals surface area (Å²) in [5.41, 5.74) is 2.81. The monoisotopic (exact) mass is 284 g/mol. The first-order chi connectivity index (χ1) is 9.74. The van der Waals surface area contributed by atoms with Crippen LogP contribution in [-0.4, -0.2) is 19.3 Å². The molecule has 0 amide bonds. The Balaban J connectivity index is 2.17. The van der Waals surface area contributed by atoms with Crippen LogP contribution in [0.15, 0.2) is 53.4 Å². The summed E-state index contributed by atoms with van der Waals surface area (Å²) in [6.45, 7) is 0. The van der Waals surface area contributed by atoms with E-state index in [-0.39, 0.29) is 5.97 Å². The predicted molar refractivity (Wildman–Crippen MR) is 84.9 cm³/mol. The van der Waals surface area contributed by atoms with Gasteiger partial charge >= 0.3 is 5.97 Å². The standard InChI is InChI=1S/C17H16O2S/c1-19-17(18)15-11-8-13(9-12-15)7-10-14-5-3-4-6-16(14)20-2/h3-12H,1-2H3/b10-7+. The fourth-order valence-electron chi connectivity index (χ4n) is 1.84. The number of hydrogen-bond donors (Lipinski definition) is 0. The average Bonchev–Trinajstić information content (AvgIpc) is 2.53. The molecule has 0 radical (unpaired) electrons. The maximum absolute atomic E-state index is 11.3. The van der Waals surface area contributed by atoms with Gasteiger partial charge in [-0.25, -0.2) is 4.79 Å². The molecule has 0 saturated heterocycles. The Morgan fingerprint density at radius 3 is 2.40 bits per heavy atom. The molecule has 0 aliphatic carbocycles. The molecule has 2 aromatic rings. The zero-order chi connectivity index (χ0) is 14.4. The molecule has 2 aromatic carbocycles. The minimum absolute atomic E-state index is 0.312. The van der Waals surface area contributed by atoms with Gasteiger partial charge in [0.25, 0.3) is 0 Å². The van der Waals surface area contributed by atoms with E-state index in [4.69, 9.17) is 0 Å². The molecule has 0 N–H and O–H groups in total. The summed E-state index contributed by atoms with van der Waals surface area (Å²) in [4.78, 5) is 12.6. The van der Waals surface area contributed by atoms with E-state index >= 15 is 0 Å². The van der Waals surface area contributed by atoms with Crippen molar-refractivity contribution in [2.75, 3.05) is 13.4 Å². The normalized spacial score (nSPS) is 10.7. The van der Waals surface area contributed by atoms with E-state index in [0.717, 1.165) is 5.56 Å². The van der Waals surface area contributed by atoms with Gasteiger partial charge in [0.15, 0.2) is 0 Å². The molecule has 20 heavy (non-hydrogen) atoms. The topological polar surface area (TPSA) is 26.3 Å². The lowest BCUT2D eigenvalue weighted by Gasteiger charge is -2.02. The summed E-state index contributed by atoms with van der Waals surface area (Å²) >= 11 is 1.73. The molecule has 0 saturated carbocycles. The van der Waals surface area contributed by atoms with E-state index in [1.165, 1.54) is 17.6 Å². The van der Waals surface area contributed by atoms with Gasteiger partial charge in [-0.05, 0) is 35.6 Å². The van der Waals surface area contributed by atoms with Gasteiger partial charge < -0.3 is 4.74 Å². The molecule has 0 aliphatic heterocycles. The maximum Gasteiger partial charge on any atom is 0.337 e. The van der Waals surface area contributed by atoms with Crippen molar-refractivity contribution in [2.24, 2.45) is 0 Å². The number of ether oxygens (including phenoxy) is 1. The lowest BCUT2D eigenvalue weighted by Crippen LogP contribution is -2.00. The second-order valence-corrected chi connectivity index (χ2v) is 5.04. The molecule has 0 bridgehead atoms. The molecule has 0 fully saturated rings. The molecule has 0 aliphatic rings. The highest BCUT2D eigenvalue weighted by molar-refractivity contribution is 7.98. The van der Waals surface area contributed by atoms with Crippen LogP contribution in [0.4, 0.5) is 0 Å². The first-order valence-electron chi connectivity index (χ1n) is 6.24. The van der Waals surface area contributed by atoms with E-state index in [1.807, 2.05) is 30.3 Å². The Morgan fingerprint density at radius 2 is 1.75 bits per heavy atom. The number of methoxy groups -OCH3 is 1. The van der Waals surface area contributed by atoms with Crippen LogP contribution < -0.4 is 0 Å². The van der Waals surface area contributed by atoms with Crippen molar-refractivity contribution in [3.05, 3.63) is 65.2 Å². The molecule has 102 valence electrons. The van der Waals surface area contributed by atoms with Gasteiger partial charge in [-0.1, -0.05) is 42.5 Å². The van der Waals surface area contributed by atoms with Crippen molar-refractivity contribution in [3.8, 4) is 0 Å². The Kier molecular flexibility index (Phi) is 5.02. The third-order valence-corrected chi connectivity index (χ3v) is 3.74. The number of carbonyl (C=O) groups is 1. The highest BCUT2D eigenvalue weighted by atomic mass is 32.2. The SMILES string of the molecule is COC(=O)c1ccc(/C=C/c2ccccc2SC)cc1. The number of hydrogen-bond acceptors (Lipinski definition) is 3. The molecule has 2 rings (SSSR count). The summed E-state index contributed by atoms with van der Waals surface area (Å²) in [5, 5.41) is 0. The fourth-order valence-corrected chi connectivity index (χ4v) is 2.42. The smallest absolute Gasteiger partial charge is 0.337 e. The molecule has 0 spiro atoms. The van der Waals surface area contributed by atoms with Gasteiger partial charge in [0.1, 0.15) is 0 Å². The van der Waals surface area contributed by atoms with E-state index in [2.05, 4.69) is 29.2 Å². The zero-order valence-corrected chi connectivity index (χ0v) is 12.3. The predicted octanol–water partition coefficient (Wildman–Crippen LogP) is 4.37. The van der Waals surface area contributed by atoms with Crippen LogP contribution >= 0.6 is 11.8 Å². The van der Waals surface area contributed by atoms with Crippen LogP contribution in [-0.2, 0) is 4.74 Å². The third kappa shape index (κ3) is 3.52. The first-order valence-corrected chi connectivity index (χ1v) is 7.46. The van der Waals surface area contributed by atoms with Gasteiger partial charge in [-0.2, -0.15) is 0 Å². The second-order valence-electron chi connectivity index (χ2n) is 4.19. The molecular formula is C17H16O2S. The highest BCUT2D eigenvalue weighted by Crippen LogP contribution is 2.22. The van der Waals surface area contributed by atoms with E-state index in [0.29, 0.717) is 5.56 Å². The maximum atomic E-state index is 11.3. The van der Waals surface area contributed by atoms with Gasteiger partial charge in [-0.3, -0.25) is 0 Å². The van der Waals surface area contributed by atoms with Crippen LogP contribution in [0, 0.1) is 0 Å². The number of carbonyl (C=O) groups excluding carboxylic acids is 1. The van der Waals surface area contributed by atoms with Gasteiger partial charge in [0.2, 0.25) is 0 Å². The Morgan fingerprint density at radius 1 is 1.05 bits per heavy atom. The van der Waals surface area contributed by atoms with Crippen molar-refractivity contribution in [2.45, 2.75) is 4.90 Å². The number of benzene rings is 2. The summed E-state index contributed by atoms with van der Waals surface area (Å²) in [7, 11) is 1.38. The van der Waals surface area contributed by atoms with E-state index in [9.17, 15) is 4.79 Å².